The van der Waals surface area contributed by atoms with E-state index >= 15 is 0 Å². The Morgan fingerprint density at radius 3 is 2.78 bits per heavy atom. The fraction of sp³-hybridized carbons (Fsp3) is 0.154. The summed E-state index contributed by atoms with van der Waals surface area (Å²) >= 11 is 12.2. The molecule has 0 saturated heterocycles. The summed E-state index contributed by atoms with van der Waals surface area (Å²) in [5, 5.41) is -0.117. The zero-order valence-electron chi connectivity index (χ0n) is 9.52. The predicted molar refractivity (Wildman–Crippen MR) is 83.1 cm³/mol. The van der Waals surface area contributed by atoms with Gasteiger partial charge in [-0.3, -0.25) is 4.79 Å². The molecule has 1 aromatic carbocycles. The van der Waals surface area contributed by atoms with Crippen LogP contribution in [0, 0.1) is 0 Å². The van der Waals surface area contributed by atoms with Crippen molar-refractivity contribution in [3.63, 3.8) is 0 Å². The second kappa shape index (κ2) is 6.24. The zero-order valence-corrected chi connectivity index (χ0v) is 13.5. The minimum absolute atomic E-state index is 0.117. The van der Waals surface area contributed by atoms with Gasteiger partial charge in [-0.2, -0.15) is 0 Å². The van der Waals surface area contributed by atoms with Crippen LogP contribution in [0.2, 0.25) is 4.34 Å². The predicted octanol–water partition coefficient (Wildman–Crippen LogP) is 5.53. The van der Waals surface area contributed by atoms with Gasteiger partial charge in [0.25, 0.3) is 0 Å². The third kappa shape index (κ3) is 3.60. The minimum Gasteiger partial charge on any atom is -0.292 e. The number of thioether (sulfide) groups is 1. The number of hydrogen-bond donors (Lipinski definition) is 0. The number of halogens is 2. The summed E-state index contributed by atoms with van der Waals surface area (Å²) in [6.07, 6.45) is 0. The number of rotatable bonds is 4. The van der Waals surface area contributed by atoms with Crippen molar-refractivity contribution < 1.29 is 4.79 Å². The minimum atomic E-state index is -0.117. The van der Waals surface area contributed by atoms with Gasteiger partial charge in [0.05, 0.1) is 14.5 Å². The molecule has 1 unspecified atom stereocenters. The van der Waals surface area contributed by atoms with E-state index in [0.717, 1.165) is 14.2 Å². The highest BCUT2D eigenvalue weighted by Gasteiger charge is 2.18. The first-order chi connectivity index (χ1) is 8.56. The molecule has 94 valence electrons. The summed E-state index contributed by atoms with van der Waals surface area (Å²) in [6.45, 7) is 1.92. The van der Waals surface area contributed by atoms with Crippen molar-refractivity contribution >= 4 is 56.4 Å². The van der Waals surface area contributed by atoms with Crippen molar-refractivity contribution in [2.45, 2.75) is 17.1 Å². The molecule has 18 heavy (non-hydrogen) atoms. The van der Waals surface area contributed by atoms with E-state index in [4.69, 9.17) is 11.6 Å². The number of benzene rings is 1. The van der Waals surface area contributed by atoms with E-state index in [0.29, 0.717) is 4.34 Å². The smallest absolute Gasteiger partial charge is 0.185 e. The van der Waals surface area contributed by atoms with Gasteiger partial charge in [0.1, 0.15) is 0 Å². The second-order valence-corrected chi connectivity index (χ2v) is 7.73. The molecule has 1 heterocycles. The highest BCUT2D eigenvalue weighted by atomic mass is 79.9. The molecule has 2 rings (SSSR count). The summed E-state index contributed by atoms with van der Waals surface area (Å²) in [5.41, 5.74) is 0. The highest BCUT2D eigenvalue weighted by Crippen LogP contribution is 2.30. The van der Waals surface area contributed by atoms with Crippen molar-refractivity contribution in [1.29, 1.82) is 0 Å². The molecule has 0 saturated carbocycles. The molecule has 0 spiro atoms. The molecular weight excluding hydrogens is 352 g/mol. The Bertz CT molecular complexity index is 568. The largest absolute Gasteiger partial charge is 0.292 e. The molecule has 0 aliphatic carbocycles. The normalized spacial score (nSPS) is 12.4. The molecule has 0 N–H and O–H groups in total. The molecule has 5 heteroatoms. The first-order valence-corrected chi connectivity index (χ1v) is 8.15. The Hall–Kier alpha value is -0.290. The Morgan fingerprint density at radius 1 is 1.39 bits per heavy atom. The van der Waals surface area contributed by atoms with Gasteiger partial charge in [-0.1, -0.05) is 33.6 Å². The van der Waals surface area contributed by atoms with Crippen LogP contribution in [-0.2, 0) is 0 Å². The van der Waals surface area contributed by atoms with Crippen molar-refractivity contribution in [1.82, 2.24) is 0 Å². The summed E-state index contributed by atoms with van der Waals surface area (Å²) < 4.78 is 1.67. The number of hydrogen-bond acceptors (Lipinski definition) is 3. The van der Waals surface area contributed by atoms with E-state index in [1.54, 1.807) is 23.9 Å². The fourth-order valence-corrected chi connectivity index (χ4v) is 4.14. The van der Waals surface area contributed by atoms with Crippen LogP contribution < -0.4 is 0 Å². The van der Waals surface area contributed by atoms with Crippen LogP contribution in [0.5, 0.6) is 0 Å². The van der Waals surface area contributed by atoms with Gasteiger partial charge in [0.2, 0.25) is 0 Å². The Balaban J connectivity index is 2.08. The number of Topliss-reactive ketones (excluding diaryl/α,β-unsaturated/α-hetero) is 1. The van der Waals surface area contributed by atoms with E-state index in [2.05, 4.69) is 15.9 Å². The van der Waals surface area contributed by atoms with Gasteiger partial charge in [-0.15, -0.1) is 23.1 Å². The van der Waals surface area contributed by atoms with Crippen LogP contribution in [0.25, 0.3) is 0 Å². The summed E-state index contributed by atoms with van der Waals surface area (Å²) in [4.78, 5) is 14.0. The maximum Gasteiger partial charge on any atom is 0.185 e. The third-order valence-corrected chi connectivity index (χ3v) is 5.13. The Kier molecular flexibility index (Phi) is 4.90. The van der Waals surface area contributed by atoms with E-state index < -0.39 is 0 Å². The summed E-state index contributed by atoms with van der Waals surface area (Å²) in [5.74, 6) is 0.122. The number of carbonyl (C=O) groups is 1. The molecule has 1 nitrogen and oxygen atoms in total. The maximum atomic E-state index is 12.2. The SMILES string of the molecule is CC(Sc1cccc(Br)c1)C(=O)c1ccc(Cl)s1. The van der Waals surface area contributed by atoms with Gasteiger partial charge in [0.15, 0.2) is 5.78 Å². The quantitative estimate of drug-likeness (QED) is 0.526. The van der Waals surface area contributed by atoms with Crippen molar-refractivity contribution in [3.05, 3.63) is 50.1 Å². The summed E-state index contributed by atoms with van der Waals surface area (Å²) in [6, 6.07) is 11.5. The molecule has 1 aromatic heterocycles. The lowest BCUT2D eigenvalue weighted by Crippen LogP contribution is -2.11. The van der Waals surface area contributed by atoms with Crippen molar-refractivity contribution in [2.75, 3.05) is 0 Å². The van der Waals surface area contributed by atoms with Crippen LogP contribution >= 0.6 is 50.6 Å². The lowest BCUT2D eigenvalue weighted by molar-refractivity contribution is 0.0998. The van der Waals surface area contributed by atoms with Crippen molar-refractivity contribution in [2.24, 2.45) is 0 Å². The first kappa shape index (κ1) is 14.1. The number of carbonyl (C=O) groups excluding carboxylic acids is 1. The van der Waals surface area contributed by atoms with E-state index in [1.165, 1.54) is 11.3 Å². The second-order valence-electron chi connectivity index (χ2n) is 3.69. The topological polar surface area (TPSA) is 17.1 Å². The van der Waals surface area contributed by atoms with Crippen LogP contribution in [0.4, 0.5) is 0 Å². The molecular formula is C13H10BrClOS2. The lowest BCUT2D eigenvalue weighted by Gasteiger charge is -2.09. The number of thiophene rings is 1. The van der Waals surface area contributed by atoms with Gasteiger partial charge in [-0.05, 0) is 37.3 Å². The average Bonchev–Trinajstić information content (AvgIpc) is 2.75. The Morgan fingerprint density at radius 2 is 2.17 bits per heavy atom. The van der Waals surface area contributed by atoms with Crippen LogP contribution in [0.15, 0.2) is 45.8 Å². The monoisotopic (exact) mass is 360 g/mol. The zero-order chi connectivity index (χ0) is 13.1. The molecule has 0 fully saturated rings. The maximum absolute atomic E-state index is 12.2. The molecule has 0 radical (unpaired) electrons. The number of ketones is 1. The lowest BCUT2D eigenvalue weighted by atomic mass is 10.2. The van der Waals surface area contributed by atoms with Gasteiger partial charge in [-0.25, -0.2) is 0 Å². The molecule has 0 amide bonds. The van der Waals surface area contributed by atoms with Crippen molar-refractivity contribution in [3.8, 4) is 0 Å². The molecule has 0 aliphatic heterocycles. The van der Waals surface area contributed by atoms with Crippen LogP contribution in [-0.4, -0.2) is 11.0 Å². The van der Waals surface area contributed by atoms with Crippen LogP contribution in [0.1, 0.15) is 16.6 Å². The first-order valence-electron chi connectivity index (χ1n) is 5.28. The molecule has 0 bridgehead atoms. The average molecular weight is 362 g/mol. The van der Waals surface area contributed by atoms with E-state index in [1.807, 2.05) is 31.2 Å². The fourth-order valence-electron chi connectivity index (χ4n) is 1.45. The van der Waals surface area contributed by atoms with Gasteiger partial charge in [0, 0.05) is 9.37 Å². The molecule has 0 aliphatic rings. The third-order valence-electron chi connectivity index (χ3n) is 2.29. The van der Waals surface area contributed by atoms with Gasteiger partial charge >= 0.3 is 0 Å². The highest BCUT2D eigenvalue weighted by molar-refractivity contribution is 9.10. The van der Waals surface area contributed by atoms with E-state index in [-0.39, 0.29) is 11.0 Å². The van der Waals surface area contributed by atoms with Crippen LogP contribution in [0.3, 0.4) is 0 Å². The molecule has 2 aromatic rings. The standard InChI is InChI=1S/C13H10BrClOS2/c1-8(13(16)11-5-6-12(15)18-11)17-10-4-2-3-9(14)7-10/h2-8H,1H3. The molecule has 1 atom stereocenters. The van der Waals surface area contributed by atoms with Gasteiger partial charge < -0.3 is 0 Å². The Labute approximate surface area is 128 Å². The van der Waals surface area contributed by atoms with E-state index in [9.17, 15) is 4.79 Å². The summed E-state index contributed by atoms with van der Waals surface area (Å²) in [7, 11) is 0.